The van der Waals surface area contributed by atoms with Gasteiger partial charge in [-0.2, -0.15) is 0 Å². The Balaban J connectivity index is 1.51. The number of thioether (sulfide) groups is 1. The van der Waals surface area contributed by atoms with Gasteiger partial charge in [-0.25, -0.2) is 0 Å². The third-order valence-electron chi connectivity index (χ3n) is 4.08. The van der Waals surface area contributed by atoms with Crippen molar-refractivity contribution in [1.29, 1.82) is 0 Å². The van der Waals surface area contributed by atoms with Gasteiger partial charge in [0, 0.05) is 30.5 Å². The molecule has 2 heterocycles. The molecule has 1 aliphatic carbocycles. The van der Waals surface area contributed by atoms with E-state index in [1.165, 1.54) is 78.1 Å². The van der Waals surface area contributed by atoms with E-state index in [-0.39, 0.29) is 11.2 Å². The van der Waals surface area contributed by atoms with E-state index in [1.807, 2.05) is 0 Å². The van der Waals surface area contributed by atoms with Gasteiger partial charge in [-0.3, -0.25) is 14.9 Å². The standard InChI is InChI=1S/C15H19N5O3S2/c21-13-7-6-12(20(22)23)10-19(13)8-9-24-15-18-17-14(25-15)16-11-4-2-1-3-5-11/h6-7,10-11H,1-5,8-9H2,(H,16,17). The quantitative estimate of drug-likeness (QED) is 0.446. The molecule has 2 aromatic rings. The van der Waals surface area contributed by atoms with Gasteiger partial charge in [0.15, 0.2) is 4.34 Å². The third-order valence-corrected chi connectivity index (χ3v) is 6.04. The second-order valence-electron chi connectivity index (χ2n) is 5.88. The van der Waals surface area contributed by atoms with Crippen LogP contribution in [0, 0.1) is 10.1 Å². The summed E-state index contributed by atoms with van der Waals surface area (Å²) in [7, 11) is 0. The van der Waals surface area contributed by atoms with Crippen LogP contribution in [0.5, 0.6) is 0 Å². The molecule has 0 spiro atoms. The summed E-state index contributed by atoms with van der Waals surface area (Å²) in [5.74, 6) is 0.596. The fourth-order valence-corrected chi connectivity index (χ4v) is 4.62. The summed E-state index contributed by atoms with van der Waals surface area (Å²) in [5.41, 5.74) is -0.331. The maximum Gasteiger partial charge on any atom is 0.285 e. The minimum absolute atomic E-state index is 0.0838. The molecule has 0 saturated heterocycles. The number of anilines is 1. The molecule has 0 amide bonds. The molecule has 0 radical (unpaired) electrons. The largest absolute Gasteiger partial charge is 0.357 e. The first kappa shape index (κ1) is 17.9. The smallest absolute Gasteiger partial charge is 0.285 e. The van der Waals surface area contributed by atoms with Gasteiger partial charge in [0.25, 0.3) is 11.2 Å². The molecule has 2 aromatic heterocycles. The lowest BCUT2D eigenvalue weighted by atomic mass is 9.96. The molecule has 1 fully saturated rings. The molecule has 1 aliphatic rings. The minimum Gasteiger partial charge on any atom is -0.357 e. The van der Waals surface area contributed by atoms with E-state index < -0.39 is 4.92 Å². The molecule has 8 nitrogen and oxygen atoms in total. The number of pyridine rings is 1. The van der Waals surface area contributed by atoms with Crippen molar-refractivity contribution in [3.63, 3.8) is 0 Å². The van der Waals surface area contributed by atoms with Crippen LogP contribution in [-0.2, 0) is 6.54 Å². The predicted octanol–water partition coefficient (Wildman–Crippen LogP) is 3.14. The lowest BCUT2D eigenvalue weighted by Crippen LogP contribution is -2.21. The van der Waals surface area contributed by atoms with Crippen LogP contribution in [0.15, 0.2) is 27.5 Å². The number of aryl methyl sites for hydroxylation is 1. The summed E-state index contributed by atoms with van der Waals surface area (Å²) in [5, 5.41) is 23.4. The summed E-state index contributed by atoms with van der Waals surface area (Å²) in [6.07, 6.45) is 7.47. The van der Waals surface area contributed by atoms with Crippen LogP contribution in [0.1, 0.15) is 32.1 Å². The molecule has 25 heavy (non-hydrogen) atoms. The van der Waals surface area contributed by atoms with Gasteiger partial charge in [0.05, 0.1) is 11.1 Å². The number of nitro groups is 1. The van der Waals surface area contributed by atoms with Crippen molar-refractivity contribution >= 4 is 33.9 Å². The molecule has 0 unspecified atom stereocenters. The highest BCUT2D eigenvalue weighted by Crippen LogP contribution is 2.28. The SMILES string of the molecule is O=c1ccc([N+](=O)[O-])cn1CCSc1nnc(NC2CCCCC2)s1. The van der Waals surface area contributed by atoms with Crippen molar-refractivity contribution in [3.05, 3.63) is 38.8 Å². The molecule has 0 aromatic carbocycles. The number of aromatic nitrogens is 3. The van der Waals surface area contributed by atoms with Gasteiger partial charge in [-0.05, 0) is 12.8 Å². The fourth-order valence-electron chi connectivity index (χ4n) is 2.78. The van der Waals surface area contributed by atoms with Gasteiger partial charge in [-0.1, -0.05) is 42.4 Å². The molecule has 0 bridgehead atoms. The number of rotatable bonds is 7. The Labute approximate surface area is 152 Å². The molecule has 134 valence electrons. The predicted molar refractivity (Wildman–Crippen MR) is 98.5 cm³/mol. The first-order chi connectivity index (χ1) is 12.1. The molecule has 0 aliphatic heterocycles. The van der Waals surface area contributed by atoms with Gasteiger partial charge < -0.3 is 9.88 Å². The highest BCUT2D eigenvalue weighted by Gasteiger charge is 2.15. The van der Waals surface area contributed by atoms with Crippen LogP contribution in [-0.4, -0.2) is 31.5 Å². The van der Waals surface area contributed by atoms with E-state index in [0.29, 0.717) is 18.3 Å². The maximum atomic E-state index is 11.8. The summed E-state index contributed by atoms with van der Waals surface area (Å²) in [4.78, 5) is 22.0. The normalized spacial score (nSPS) is 15.2. The van der Waals surface area contributed by atoms with Crippen LogP contribution in [0.25, 0.3) is 0 Å². The lowest BCUT2D eigenvalue weighted by Gasteiger charge is -2.21. The Hall–Kier alpha value is -1.94. The van der Waals surface area contributed by atoms with Crippen molar-refractivity contribution in [2.24, 2.45) is 0 Å². The zero-order valence-corrected chi connectivity index (χ0v) is 15.2. The number of hydrogen-bond acceptors (Lipinski definition) is 8. The molecule has 3 rings (SSSR count). The Morgan fingerprint density at radius 3 is 2.88 bits per heavy atom. The van der Waals surface area contributed by atoms with E-state index in [9.17, 15) is 14.9 Å². The van der Waals surface area contributed by atoms with Crippen LogP contribution >= 0.6 is 23.1 Å². The minimum atomic E-state index is -0.503. The summed E-state index contributed by atoms with van der Waals surface area (Å²) in [6, 6.07) is 2.93. The zero-order valence-electron chi connectivity index (χ0n) is 13.6. The number of hydrogen-bond donors (Lipinski definition) is 1. The van der Waals surface area contributed by atoms with Crippen LogP contribution in [0.3, 0.4) is 0 Å². The average Bonchev–Trinajstić information content (AvgIpc) is 3.04. The molecule has 1 saturated carbocycles. The molecule has 0 atom stereocenters. The highest BCUT2D eigenvalue weighted by atomic mass is 32.2. The van der Waals surface area contributed by atoms with Crippen LogP contribution < -0.4 is 10.9 Å². The Morgan fingerprint density at radius 2 is 2.12 bits per heavy atom. The first-order valence-electron chi connectivity index (χ1n) is 8.19. The van der Waals surface area contributed by atoms with Crippen LogP contribution in [0.2, 0.25) is 0 Å². The Kier molecular flexibility index (Phi) is 6.03. The van der Waals surface area contributed by atoms with Gasteiger partial charge in [0.2, 0.25) is 5.13 Å². The average molecular weight is 381 g/mol. The Morgan fingerprint density at radius 1 is 1.32 bits per heavy atom. The fraction of sp³-hybridized carbons (Fsp3) is 0.533. The van der Waals surface area contributed by atoms with Gasteiger partial charge >= 0.3 is 0 Å². The van der Waals surface area contributed by atoms with Crippen molar-refractivity contribution in [3.8, 4) is 0 Å². The third kappa shape index (κ3) is 5.02. The van der Waals surface area contributed by atoms with Crippen LogP contribution in [0.4, 0.5) is 10.8 Å². The Bertz CT molecular complexity index is 785. The maximum absolute atomic E-state index is 11.8. The zero-order chi connectivity index (χ0) is 17.6. The van der Waals surface area contributed by atoms with Crippen molar-refractivity contribution in [2.45, 2.75) is 49.0 Å². The first-order valence-corrected chi connectivity index (χ1v) is 10.00. The van der Waals surface area contributed by atoms with Crippen molar-refractivity contribution in [1.82, 2.24) is 14.8 Å². The second kappa shape index (κ2) is 8.43. The monoisotopic (exact) mass is 381 g/mol. The van der Waals surface area contributed by atoms with E-state index >= 15 is 0 Å². The van der Waals surface area contributed by atoms with Gasteiger partial charge in [-0.15, -0.1) is 10.2 Å². The molecular formula is C15H19N5O3S2. The summed E-state index contributed by atoms with van der Waals surface area (Å²) < 4.78 is 2.18. The van der Waals surface area contributed by atoms with E-state index in [1.54, 1.807) is 0 Å². The molecule has 1 N–H and O–H groups in total. The molecule has 10 heteroatoms. The van der Waals surface area contributed by atoms with Crippen molar-refractivity contribution < 1.29 is 4.92 Å². The number of nitrogens with zero attached hydrogens (tertiary/aromatic N) is 4. The van der Waals surface area contributed by atoms with E-state index in [4.69, 9.17) is 0 Å². The van der Waals surface area contributed by atoms with E-state index in [2.05, 4.69) is 15.5 Å². The lowest BCUT2D eigenvalue weighted by molar-refractivity contribution is -0.385. The van der Waals surface area contributed by atoms with Crippen molar-refractivity contribution in [2.75, 3.05) is 11.1 Å². The van der Waals surface area contributed by atoms with Gasteiger partial charge in [0.1, 0.15) is 0 Å². The second-order valence-corrected chi connectivity index (χ2v) is 8.20. The number of nitrogens with one attached hydrogen (secondary N) is 1. The van der Waals surface area contributed by atoms with E-state index in [0.717, 1.165) is 9.47 Å². The topological polar surface area (TPSA) is 103 Å². The molecular weight excluding hydrogens is 362 g/mol. The highest BCUT2D eigenvalue weighted by molar-refractivity contribution is 8.01. The summed E-state index contributed by atoms with van der Waals surface area (Å²) in [6.45, 7) is 0.385. The summed E-state index contributed by atoms with van der Waals surface area (Å²) >= 11 is 3.00.